The van der Waals surface area contributed by atoms with Gasteiger partial charge in [0.2, 0.25) is 5.91 Å². The first kappa shape index (κ1) is 21.6. The van der Waals surface area contributed by atoms with E-state index in [1.165, 1.54) is 12.1 Å². The number of anilines is 2. The molecule has 2 N–H and O–H groups in total. The van der Waals surface area contributed by atoms with E-state index in [0.29, 0.717) is 32.4 Å². The molecule has 0 spiro atoms. The molecule has 4 rings (SSSR count). The molecule has 1 heterocycles. The van der Waals surface area contributed by atoms with Crippen molar-refractivity contribution in [3.8, 4) is 0 Å². The Morgan fingerprint density at radius 3 is 2.56 bits per heavy atom. The molecular weight excluding hydrogens is 405 g/mol. The fourth-order valence-electron chi connectivity index (χ4n) is 3.96. The zero-order valence-electron chi connectivity index (χ0n) is 18.0. The fraction of sp³-hybridized carbons (Fsp3) is 0.231. The van der Waals surface area contributed by atoms with E-state index in [4.69, 9.17) is 0 Å². The fourth-order valence-corrected chi connectivity index (χ4v) is 3.96. The predicted molar refractivity (Wildman–Crippen MR) is 124 cm³/mol. The number of halogens is 1. The smallest absolute Gasteiger partial charge is 0.323 e. The highest BCUT2D eigenvalue weighted by Crippen LogP contribution is 2.27. The van der Waals surface area contributed by atoms with Crippen LogP contribution in [0.25, 0.3) is 0 Å². The molecule has 0 aromatic heterocycles. The second-order valence-corrected chi connectivity index (χ2v) is 8.08. The van der Waals surface area contributed by atoms with Crippen LogP contribution in [-0.4, -0.2) is 23.4 Å². The van der Waals surface area contributed by atoms with E-state index in [2.05, 4.69) is 10.6 Å². The highest BCUT2D eigenvalue weighted by molar-refractivity contribution is 6.00. The first-order chi connectivity index (χ1) is 15.5. The quantitative estimate of drug-likeness (QED) is 0.576. The maximum absolute atomic E-state index is 13.3. The topological polar surface area (TPSA) is 61.4 Å². The lowest BCUT2D eigenvalue weighted by molar-refractivity contribution is -0.132. The minimum Gasteiger partial charge on any atom is -0.338 e. The van der Waals surface area contributed by atoms with Crippen LogP contribution in [0.15, 0.2) is 66.7 Å². The van der Waals surface area contributed by atoms with Crippen molar-refractivity contribution in [1.29, 1.82) is 0 Å². The Labute approximate surface area is 187 Å². The Balaban J connectivity index is 1.37. The minimum absolute atomic E-state index is 0.0513. The summed E-state index contributed by atoms with van der Waals surface area (Å²) in [4.78, 5) is 27.0. The number of carbonyl (C=O) groups is 2. The maximum atomic E-state index is 13.3. The van der Waals surface area contributed by atoms with Crippen LogP contribution in [-0.2, 0) is 24.2 Å². The van der Waals surface area contributed by atoms with E-state index in [1.54, 1.807) is 6.07 Å². The Morgan fingerprint density at radius 2 is 1.78 bits per heavy atom. The van der Waals surface area contributed by atoms with Gasteiger partial charge in [-0.2, -0.15) is 0 Å². The average Bonchev–Trinajstić information content (AvgIpc) is 2.79. The van der Waals surface area contributed by atoms with Gasteiger partial charge in [-0.05, 0) is 66.8 Å². The van der Waals surface area contributed by atoms with Crippen LogP contribution >= 0.6 is 0 Å². The third-order valence-corrected chi connectivity index (χ3v) is 5.69. The van der Waals surface area contributed by atoms with Gasteiger partial charge in [0.05, 0.1) is 0 Å². The highest BCUT2D eigenvalue weighted by Gasteiger charge is 2.23. The molecule has 5 nitrogen and oxygen atoms in total. The van der Waals surface area contributed by atoms with E-state index in [1.807, 2.05) is 60.4 Å². The summed E-state index contributed by atoms with van der Waals surface area (Å²) in [6.45, 7) is 3.09. The summed E-state index contributed by atoms with van der Waals surface area (Å²) in [5, 5.41) is 5.79. The summed E-state index contributed by atoms with van der Waals surface area (Å²) in [7, 11) is 0. The number of nitrogens with zero attached hydrogens (tertiary/aromatic N) is 1. The maximum Gasteiger partial charge on any atom is 0.323 e. The zero-order chi connectivity index (χ0) is 22.5. The van der Waals surface area contributed by atoms with E-state index < -0.39 is 0 Å². The molecule has 1 aliphatic rings. The van der Waals surface area contributed by atoms with E-state index in [9.17, 15) is 14.0 Å². The number of benzene rings is 3. The normalized spacial score (nSPS) is 12.8. The Morgan fingerprint density at radius 1 is 1.00 bits per heavy atom. The number of carbonyl (C=O) groups excluding carboxylic acids is 2. The molecule has 164 valence electrons. The van der Waals surface area contributed by atoms with Gasteiger partial charge < -0.3 is 15.5 Å². The standard InChI is InChI=1S/C26H26FN3O2/c1-18-8-11-22(12-9-18)28-26(32)29-24-7-3-5-20-17-30(15-14-23(20)24)25(31)13-10-19-4-2-6-21(27)16-19/h2-9,11-12,16H,10,13-15,17H2,1H3,(H2,28,29,32). The number of hydrogen-bond donors (Lipinski definition) is 2. The van der Waals surface area contributed by atoms with Gasteiger partial charge in [0, 0.05) is 30.9 Å². The van der Waals surface area contributed by atoms with Crippen LogP contribution in [0, 0.1) is 12.7 Å². The number of urea groups is 1. The molecule has 3 aromatic rings. The molecule has 0 saturated carbocycles. The second kappa shape index (κ2) is 9.64. The van der Waals surface area contributed by atoms with Crippen LogP contribution in [0.2, 0.25) is 0 Å². The van der Waals surface area contributed by atoms with Gasteiger partial charge in [0.15, 0.2) is 0 Å². The summed E-state index contributed by atoms with van der Waals surface area (Å²) >= 11 is 0. The van der Waals surface area contributed by atoms with Crippen LogP contribution in [0.1, 0.15) is 28.7 Å². The number of amides is 3. The van der Waals surface area contributed by atoms with Gasteiger partial charge in [-0.15, -0.1) is 0 Å². The van der Waals surface area contributed by atoms with Crippen molar-refractivity contribution < 1.29 is 14.0 Å². The first-order valence-corrected chi connectivity index (χ1v) is 10.8. The van der Waals surface area contributed by atoms with Crippen molar-refractivity contribution in [3.05, 3.63) is 94.8 Å². The number of nitrogens with one attached hydrogen (secondary N) is 2. The number of fused-ring (bicyclic) bond motifs is 1. The molecule has 0 aliphatic carbocycles. The zero-order valence-corrected chi connectivity index (χ0v) is 18.0. The molecule has 6 heteroatoms. The largest absolute Gasteiger partial charge is 0.338 e. The van der Waals surface area contributed by atoms with E-state index >= 15 is 0 Å². The Kier molecular flexibility index (Phi) is 6.50. The van der Waals surface area contributed by atoms with Crippen molar-refractivity contribution in [2.24, 2.45) is 0 Å². The third kappa shape index (κ3) is 5.32. The van der Waals surface area contributed by atoms with Crippen molar-refractivity contribution in [1.82, 2.24) is 4.90 Å². The average molecular weight is 432 g/mol. The van der Waals surface area contributed by atoms with E-state index in [-0.39, 0.29) is 17.8 Å². The summed E-state index contributed by atoms with van der Waals surface area (Å²) in [5.74, 6) is -0.233. The number of aryl methyl sites for hydroxylation is 2. The lowest BCUT2D eigenvalue weighted by Crippen LogP contribution is -2.36. The molecule has 0 saturated heterocycles. The molecule has 0 bridgehead atoms. The van der Waals surface area contributed by atoms with Crippen LogP contribution < -0.4 is 10.6 Å². The molecule has 0 unspecified atom stereocenters. The molecule has 0 atom stereocenters. The van der Waals surface area contributed by atoms with Crippen molar-refractivity contribution in [2.75, 3.05) is 17.2 Å². The van der Waals surface area contributed by atoms with Gasteiger partial charge in [0.25, 0.3) is 0 Å². The molecule has 3 aromatic carbocycles. The number of hydrogen-bond acceptors (Lipinski definition) is 2. The van der Waals surface area contributed by atoms with Gasteiger partial charge in [-0.25, -0.2) is 9.18 Å². The van der Waals surface area contributed by atoms with Gasteiger partial charge in [-0.3, -0.25) is 4.79 Å². The monoisotopic (exact) mass is 431 g/mol. The van der Waals surface area contributed by atoms with Gasteiger partial charge in [0.1, 0.15) is 5.82 Å². The summed E-state index contributed by atoms with van der Waals surface area (Å²) in [5.41, 5.74) is 5.53. The van der Waals surface area contributed by atoms with Gasteiger partial charge in [-0.1, -0.05) is 42.0 Å². The van der Waals surface area contributed by atoms with Crippen LogP contribution in [0.4, 0.5) is 20.6 Å². The molecule has 32 heavy (non-hydrogen) atoms. The SMILES string of the molecule is Cc1ccc(NC(=O)Nc2cccc3c2CCN(C(=O)CCc2cccc(F)c2)C3)cc1. The molecule has 1 aliphatic heterocycles. The Hall–Kier alpha value is -3.67. The Bertz CT molecular complexity index is 1130. The van der Waals surface area contributed by atoms with Crippen molar-refractivity contribution in [3.63, 3.8) is 0 Å². The number of rotatable bonds is 5. The third-order valence-electron chi connectivity index (χ3n) is 5.69. The first-order valence-electron chi connectivity index (χ1n) is 10.8. The summed E-state index contributed by atoms with van der Waals surface area (Å²) in [6, 6.07) is 19.5. The lowest BCUT2D eigenvalue weighted by atomic mass is 9.97. The highest BCUT2D eigenvalue weighted by atomic mass is 19.1. The van der Waals surface area contributed by atoms with E-state index in [0.717, 1.165) is 33.6 Å². The molecule has 0 fully saturated rings. The van der Waals surface area contributed by atoms with Gasteiger partial charge >= 0.3 is 6.03 Å². The molecule has 0 radical (unpaired) electrons. The molecular formula is C26H26FN3O2. The lowest BCUT2D eigenvalue weighted by Gasteiger charge is -2.30. The predicted octanol–water partition coefficient (Wildman–Crippen LogP) is 5.30. The van der Waals surface area contributed by atoms with Crippen LogP contribution in [0.3, 0.4) is 0 Å². The van der Waals surface area contributed by atoms with Crippen molar-refractivity contribution >= 4 is 23.3 Å². The van der Waals surface area contributed by atoms with Crippen LogP contribution in [0.5, 0.6) is 0 Å². The summed E-state index contributed by atoms with van der Waals surface area (Å²) < 4.78 is 13.3. The molecule has 3 amide bonds. The minimum atomic E-state index is -0.296. The van der Waals surface area contributed by atoms with Crippen molar-refractivity contribution in [2.45, 2.75) is 32.7 Å². The second-order valence-electron chi connectivity index (χ2n) is 8.08. The summed E-state index contributed by atoms with van der Waals surface area (Å²) in [6.07, 6.45) is 1.53.